The van der Waals surface area contributed by atoms with Crippen LogP contribution in [0.25, 0.3) is 0 Å². The number of carbonyl (C=O) groups excluding carboxylic acids is 1. The Hall–Kier alpha value is -0.500. The molecule has 0 fully saturated rings. The van der Waals surface area contributed by atoms with E-state index in [0.29, 0.717) is 24.1 Å². The fraction of sp³-hybridized carbons (Fsp3) is 0.975. The van der Waals surface area contributed by atoms with Gasteiger partial charge in [0.25, 0.3) is 0 Å². The molecule has 9 heteroatoms. The van der Waals surface area contributed by atoms with E-state index >= 15 is 0 Å². The van der Waals surface area contributed by atoms with E-state index in [1.54, 1.807) is 0 Å². The average Bonchev–Trinajstić information content (AvgIpc) is 3.04. The first-order valence-corrected chi connectivity index (χ1v) is 22.3. The largest absolute Gasteiger partial charge is 0.472 e. The summed E-state index contributed by atoms with van der Waals surface area (Å²) in [5.74, 6) is -0.311. The van der Waals surface area contributed by atoms with Crippen LogP contribution < -0.4 is 0 Å². The first-order chi connectivity index (χ1) is 23.6. The van der Waals surface area contributed by atoms with Gasteiger partial charge in [-0.15, -0.1) is 0 Å². The zero-order valence-corrected chi connectivity index (χ0v) is 34.1. The number of hydrogen-bond acceptors (Lipinski definition) is 6. The van der Waals surface area contributed by atoms with Crippen LogP contribution >= 0.6 is 7.82 Å². The summed E-state index contributed by atoms with van der Waals surface area (Å²) < 4.78 is 34.9. The van der Waals surface area contributed by atoms with E-state index < -0.39 is 13.9 Å². The second-order valence-electron chi connectivity index (χ2n) is 15.4. The van der Waals surface area contributed by atoms with Crippen molar-refractivity contribution in [2.24, 2.45) is 0 Å². The van der Waals surface area contributed by atoms with Crippen LogP contribution in [0.1, 0.15) is 194 Å². The second kappa shape index (κ2) is 34.6. The van der Waals surface area contributed by atoms with Gasteiger partial charge < -0.3 is 18.9 Å². The molecule has 8 nitrogen and oxygen atoms in total. The van der Waals surface area contributed by atoms with Gasteiger partial charge in [-0.05, 0) is 12.8 Å². The molecule has 0 rings (SSSR count). The monoisotopic (exact) mass is 721 g/mol. The topological polar surface area (TPSA) is 91.3 Å². The third kappa shape index (κ3) is 38.6. The highest BCUT2D eigenvalue weighted by molar-refractivity contribution is 7.47. The zero-order valence-electron chi connectivity index (χ0n) is 33.2. The lowest BCUT2D eigenvalue weighted by Gasteiger charge is -2.24. The van der Waals surface area contributed by atoms with E-state index in [-0.39, 0.29) is 25.8 Å². The Bertz CT molecular complexity index is 761. The van der Waals surface area contributed by atoms with Crippen LogP contribution in [0.2, 0.25) is 0 Å². The van der Waals surface area contributed by atoms with Crippen molar-refractivity contribution < 1.29 is 37.3 Å². The average molecular weight is 721 g/mol. The van der Waals surface area contributed by atoms with Gasteiger partial charge in [0.15, 0.2) is 0 Å². The minimum Gasteiger partial charge on any atom is -0.457 e. The number of hydrogen-bond donors (Lipinski definition) is 1. The van der Waals surface area contributed by atoms with Gasteiger partial charge in [0.2, 0.25) is 0 Å². The molecule has 294 valence electrons. The highest BCUT2D eigenvalue weighted by Crippen LogP contribution is 2.43. The third-order valence-corrected chi connectivity index (χ3v) is 10.2. The molecule has 0 saturated heterocycles. The van der Waals surface area contributed by atoms with Gasteiger partial charge >= 0.3 is 13.8 Å². The number of phosphoric ester groups is 1. The molecule has 0 amide bonds. The molecule has 0 aromatic heterocycles. The van der Waals surface area contributed by atoms with E-state index in [9.17, 15) is 14.3 Å². The summed E-state index contributed by atoms with van der Waals surface area (Å²) in [5, 5.41) is 0. The van der Waals surface area contributed by atoms with Gasteiger partial charge in [0, 0.05) is 13.0 Å². The summed E-state index contributed by atoms with van der Waals surface area (Å²) in [6.07, 6.45) is 34.1. The van der Waals surface area contributed by atoms with E-state index in [0.717, 1.165) is 32.1 Å². The van der Waals surface area contributed by atoms with Gasteiger partial charge in [0.05, 0.1) is 34.4 Å². The minimum absolute atomic E-state index is 0.0936. The fourth-order valence-corrected chi connectivity index (χ4v) is 6.65. The summed E-state index contributed by atoms with van der Waals surface area (Å²) in [6, 6.07) is 0. The van der Waals surface area contributed by atoms with E-state index in [2.05, 4.69) is 13.8 Å². The Balaban J connectivity index is 4.19. The van der Waals surface area contributed by atoms with E-state index in [4.69, 9.17) is 18.5 Å². The number of unbranched alkanes of at least 4 members (excludes halogenated alkanes) is 25. The lowest BCUT2D eigenvalue weighted by Crippen LogP contribution is -2.37. The smallest absolute Gasteiger partial charge is 0.457 e. The molecule has 0 aliphatic rings. The number of carbonyl (C=O) groups is 1. The Morgan fingerprint density at radius 3 is 1.35 bits per heavy atom. The maximum atomic E-state index is 12.6. The number of esters is 1. The van der Waals surface area contributed by atoms with Crippen LogP contribution in [0.15, 0.2) is 0 Å². The van der Waals surface area contributed by atoms with Gasteiger partial charge in [-0.2, -0.15) is 0 Å². The molecule has 0 saturated carbocycles. The van der Waals surface area contributed by atoms with Crippen molar-refractivity contribution in [1.82, 2.24) is 0 Å². The van der Waals surface area contributed by atoms with Crippen LogP contribution in [0, 0.1) is 0 Å². The van der Waals surface area contributed by atoms with Crippen molar-refractivity contribution in [3.8, 4) is 0 Å². The summed E-state index contributed by atoms with van der Waals surface area (Å²) in [7, 11) is 1.68. The van der Waals surface area contributed by atoms with Crippen LogP contribution in [0.4, 0.5) is 0 Å². The van der Waals surface area contributed by atoms with Crippen molar-refractivity contribution >= 4 is 13.8 Å². The lowest BCUT2D eigenvalue weighted by molar-refractivity contribution is -0.870. The van der Waals surface area contributed by atoms with Gasteiger partial charge in [-0.25, -0.2) is 4.57 Å². The predicted molar refractivity (Wildman–Crippen MR) is 206 cm³/mol. The number of likely N-dealkylation sites (N-methyl/N-ethyl adjacent to an activating group) is 1. The molecule has 0 aliphatic carbocycles. The van der Waals surface area contributed by atoms with Crippen molar-refractivity contribution in [2.75, 3.05) is 54.1 Å². The highest BCUT2D eigenvalue weighted by atomic mass is 31.2. The molecular formula is C40H83NO7P+. The number of quaternary nitrogens is 1. The highest BCUT2D eigenvalue weighted by Gasteiger charge is 2.26. The van der Waals surface area contributed by atoms with Crippen molar-refractivity contribution in [1.29, 1.82) is 0 Å². The van der Waals surface area contributed by atoms with E-state index in [1.165, 1.54) is 141 Å². The molecule has 2 atom stereocenters. The molecule has 0 spiro atoms. The molecule has 1 N–H and O–H groups in total. The standard InChI is InChI=1S/C40H82NO7P/c1-6-8-10-12-14-16-18-19-20-21-22-24-26-28-30-32-35-45-37-39(38-47-49(43,44)46-36-34-41(3,4)5)48-40(42)33-31-29-27-25-23-17-15-13-11-9-7-2/h39H,6-38H2,1-5H3/p+1. The van der Waals surface area contributed by atoms with Crippen LogP contribution in [0.3, 0.4) is 0 Å². The molecule has 2 unspecified atom stereocenters. The number of ether oxygens (including phenoxy) is 2. The van der Waals surface area contributed by atoms with Crippen LogP contribution in [-0.4, -0.2) is 75.6 Å². The number of rotatable bonds is 39. The Morgan fingerprint density at radius 2 is 0.939 bits per heavy atom. The maximum absolute atomic E-state index is 12.6. The molecule has 0 radical (unpaired) electrons. The molecule has 0 bridgehead atoms. The Labute approximate surface area is 304 Å². The summed E-state index contributed by atoms with van der Waals surface area (Å²) >= 11 is 0. The Kier molecular flexibility index (Phi) is 34.2. The van der Waals surface area contributed by atoms with Gasteiger partial charge in [-0.3, -0.25) is 13.8 Å². The number of phosphoric acid groups is 1. The third-order valence-electron chi connectivity index (χ3n) is 9.17. The first-order valence-electron chi connectivity index (χ1n) is 20.8. The van der Waals surface area contributed by atoms with Gasteiger partial charge in [-0.1, -0.05) is 174 Å². The van der Waals surface area contributed by atoms with Crippen molar-refractivity contribution in [3.63, 3.8) is 0 Å². The van der Waals surface area contributed by atoms with Crippen LogP contribution in [0.5, 0.6) is 0 Å². The fourth-order valence-electron chi connectivity index (χ4n) is 5.91. The van der Waals surface area contributed by atoms with Crippen LogP contribution in [-0.2, 0) is 27.9 Å². The Morgan fingerprint density at radius 1 is 0.551 bits per heavy atom. The minimum atomic E-state index is -4.26. The normalized spacial score (nSPS) is 13.8. The summed E-state index contributed by atoms with van der Waals surface area (Å²) in [5.41, 5.74) is 0. The van der Waals surface area contributed by atoms with Gasteiger partial charge in [0.1, 0.15) is 19.3 Å². The predicted octanol–water partition coefficient (Wildman–Crippen LogP) is 11.7. The summed E-state index contributed by atoms with van der Waals surface area (Å²) in [6.45, 7) is 5.66. The molecule has 0 aromatic carbocycles. The number of nitrogens with zero attached hydrogens (tertiary/aromatic N) is 1. The van der Waals surface area contributed by atoms with E-state index in [1.807, 2.05) is 21.1 Å². The molecule has 0 aromatic rings. The van der Waals surface area contributed by atoms with Crippen molar-refractivity contribution in [3.05, 3.63) is 0 Å². The second-order valence-corrected chi connectivity index (χ2v) is 16.8. The zero-order chi connectivity index (χ0) is 36.3. The molecule has 0 aliphatic heterocycles. The molecule has 49 heavy (non-hydrogen) atoms. The summed E-state index contributed by atoms with van der Waals surface area (Å²) in [4.78, 5) is 22.8. The quantitative estimate of drug-likeness (QED) is 0.0292. The first kappa shape index (κ1) is 48.5. The SMILES string of the molecule is CCCCCCCCCCCCCCCCCCOCC(COP(=O)(O)OCC[N+](C)(C)C)OC(=O)CCCCCCCCCCCCC. The molecular weight excluding hydrogens is 637 g/mol. The maximum Gasteiger partial charge on any atom is 0.472 e. The van der Waals surface area contributed by atoms with Crippen molar-refractivity contribution in [2.45, 2.75) is 200 Å². The molecule has 0 heterocycles. The lowest BCUT2D eigenvalue weighted by atomic mass is 10.0.